The highest BCUT2D eigenvalue weighted by molar-refractivity contribution is 5.99. The zero-order chi connectivity index (χ0) is 20.3. The zero-order valence-electron chi connectivity index (χ0n) is 14.9. The van der Waals surface area contributed by atoms with E-state index >= 15 is 0 Å². The molecule has 2 N–H and O–H groups in total. The Morgan fingerprint density at radius 3 is 2.68 bits per heavy atom. The van der Waals surface area contributed by atoms with Gasteiger partial charge in [-0.25, -0.2) is 4.98 Å². The minimum atomic E-state index is -4.47. The number of carbonyl (C=O) groups is 1. The summed E-state index contributed by atoms with van der Waals surface area (Å²) in [5, 5.41) is 9.12. The maximum absolute atomic E-state index is 12.9. The molecule has 2 heterocycles. The molecule has 2 aromatic heterocycles. The summed E-state index contributed by atoms with van der Waals surface area (Å²) < 4.78 is 43.7. The number of amides is 1. The lowest BCUT2D eigenvalue weighted by atomic mass is 10.1. The van der Waals surface area contributed by atoms with Gasteiger partial charge in [0.1, 0.15) is 11.9 Å². The molecule has 1 amide bonds. The van der Waals surface area contributed by atoms with E-state index in [0.29, 0.717) is 5.82 Å². The predicted molar refractivity (Wildman–Crippen MR) is 93.9 cm³/mol. The average Bonchev–Trinajstić information content (AvgIpc) is 3.08. The summed E-state index contributed by atoms with van der Waals surface area (Å²) in [5.41, 5.74) is -0.494. The fourth-order valence-electron chi connectivity index (χ4n) is 2.42. The van der Waals surface area contributed by atoms with Crippen LogP contribution in [0, 0.1) is 6.92 Å². The molecule has 28 heavy (non-hydrogen) atoms. The van der Waals surface area contributed by atoms with Crippen molar-refractivity contribution in [1.82, 2.24) is 20.4 Å². The lowest BCUT2D eigenvalue weighted by Crippen LogP contribution is -2.27. The maximum Gasteiger partial charge on any atom is 0.416 e. The molecule has 7 nitrogen and oxygen atoms in total. The molecule has 0 aliphatic rings. The summed E-state index contributed by atoms with van der Waals surface area (Å²) >= 11 is 0. The van der Waals surface area contributed by atoms with E-state index in [0.717, 1.165) is 12.1 Å². The highest BCUT2D eigenvalue weighted by Gasteiger charge is 2.30. The largest absolute Gasteiger partial charge is 0.416 e. The smallest absolute Gasteiger partial charge is 0.340 e. The van der Waals surface area contributed by atoms with E-state index in [4.69, 9.17) is 4.52 Å². The Kier molecular flexibility index (Phi) is 5.30. The van der Waals surface area contributed by atoms with E-state index in [9.17, 15) is 18.0 Å². The number of anilines is 2. The van der Waals surface area contributed by atoms with Gasteiger partial charge in [-0.05, 0) is 44.2 Å². The van der Waals surface area contributed by atoms with Crippen molar-refractivity contribution in [3.63, 3.8) is 0 Å². The number of alkyl halides is 3. The molecule has 0 saturated carbocycles. The van der Waals surface area contributed by atoms with E-state index in [1.807, 2.05) is 0 Å². The first-order valence-corrected chi connectivity index (χ1v) is 8.24. The van der Waals surface area contributed by atoms with Gasteiger partial charge in [0.25, 0.3) is 5.91 Å². The fourth-order valence-corrected chi connectivity index (χ4v) is 2.42. The molecule has 0 spiro atoms. The highest BCUT2D eigenvalue weighted by atomic mass is 19.4. The third-order valence-electron chi connectivity index (χ3n) is 3.77. The molecule has 1 aromatic carbocycles. The van der Waals surface area contributed by atoms with Crippen molar-refractivity contribution in [3.05, 3.63) is 65.4 Å². The number of halogens is 3. The number of nitrogens with zero attached hydrogens (tertiary/aromatic N) is 3. The van der Waals surface area contributed by atoms with Gasteiger partial charge in [0.15, 0.2) is 5.82 Å². The quantitative estimate of drug-likeness (QED) is 0.682. The van der Waals surface area contributed by atoms with Crippen LogP contribution in [-0.4, -0.2) is 21.0 Å². The van der Waals surface area contributed by atoms with Crippen molar-refractivity contribution in [2.45, 2.75) is 26.1 Å². The third-order valence-corrected chi connectivity index (χ3v) is 3.77. The second-order valence-corrected chi connectivity index (χ2v) is 5.98. The Labute approximate surface area is 158 Å². The van der Waals surface area contributed by atoms with Crippen molar-refractivity contribution in [3.8, 4) is 0 Å². The molecule has 1 atom stereocenters. The molecular formula is C18H16F3N5O2. The van der Waals surface area contributed by atoms with Crippen LogP contribution >= 0.6 is 0 Å². The van der Waals surface area contributed by atoms with Crippen molar-refractivity contribution in [2.24, 2.45) is 0 Å². The predicted octanol–water partition coefficient (Wildman–Crippen LogP) is 4.03. The Hall–Kier alpha value is -3.43. The van der Waals surface area contributed by atoms with Gasteiger partial charge < -0.3 is 15.2 Å². The van der Waals surface area contributed by atoms with Crippen LogP contribution in [0.15, 0.2) is 47.1 Å². The second kappa shape index (κ2) is 7.67. The number of nitrogens with one attached hydrogen (secondary N) is 2. The lowest BCUT2D eigenvalue weighted by molar-refractivity contribution is -0.137. The molecule has 0 aliphatic carbocycles. The van der Waals surface area contributed by atoms with Gasteiger partial charge in [0.05, 0.1) is 11.1 Å². The monoisotopic (exact) mass is 391 g/mol. The topological polar surface area (TPSA) is 92.9 Å². The summed E-state index contributed by atoms with van der Waals surface area (Å²) in [7, 11) is 0. The van der Waals surface area contributed by atoms with E-state index in [2.05, 4.69) is 25.8 Å². The summed E-state index contributed by atoms with van der Waals surface area (Å²) in [6, 6.07) is 7.13. The van der Waals surface area contributed by atoms with E-state index in [1.165, 1.54) is 24.4 Å². The standard InChI is InChI=1S/C18H16F3N5O2/c1-10(17-24-11(2)26-28-17)23-16(27)14-7-4-8-22-15(14)25-13-6-3-5-12(9-13)18(19,20)21/h3-10H,1-2H3,(H,22,25)(H,23,27). The van der Waals surface area contributed by atoms with Crippen LogP contribution in [0.2, 0.25) is 0 Å². The third kappa shape index (κ3) is 4.45. The summed E-state index contributed by atoms with van der Waals surface area (Å²) in [5.74, 6) is 0.297. The van der Waals surface area contributed by atoms with Crippen molar-refractivity contribution >= 4 is 17.4 Å². The SMILES string of the molecule is Cc1noc(C(C)NC(=O)c2cccnc2Nc2cccc(C(F)(F)F)c2)n1. The van der Waals surface area contributed by atoms with Gasteiger partial charge in [-0.1, -0.05) is 11.2 Å². The number of benzene rings is 1. The van der Waals surface area contributed by atoms with Crippen LogP contribution < -0.4 is 10.6 Å². The Morgan fingerprint density at radius 1 is 1.21 bits per heavy atom. The zero-order valence-corrected chi connectivity index (χ0v) is 14.9. The minimum absolute atomic E-state index is 0.119. The van der Waals surface area contributed by atoms with Crippen LogP contribution in [-0.2, 0) is 6.18 Å². The number of aryl methyl sites for hydroxylation is 1. The molecule has 0 radical (unpaired) electrons. The molecule has 3 rings (SSSR count). The van der Waals surface area contributed by atoms with Crippen molar-refractivity contribution < 1.29 is 22.5 Å². The molecule has 0 bridgehead atoms. The van der Waals surface area contributed by atoms with Gasteiger partial charge in [0.2, 0.25) is 5.89 Å². The van der Waals surface area contributed by atoms with Gasteiger partial charge >= 0.3 is 6.18 Å². The first-order valence-electron chi connectivity index (χ1n) is 8.24. The van der Waals surface area contributed by atoms with Crippen LogP contribution in [0.1, 0.15) is 40.6 Å². The number of pyridine rings is 1. The minimum Gasteiger partial charge on any atom is -0.340 e. The van der Waals surface area contributed by atoms with Crippen LogP contribution in [0.3, 0.4) is 0 Å². The summed E-state index contributed by atoms with van der Waals surface area (Å²) in [6.07, 6.45) is -3.04. The van der Waals surface area contributed by atoms with Gasteiger partial charge in [-0.3, -0.25) is 4.79 Å². The Morgan fingerprint density at radius 2 is 2.00 bits per heavy atom. The summed E-state index contributed by atoms with van der Waals surface area (Å²) in [6.45, 7) is 3.32. The van der Waals surface area contributed by atoms with Crippen LogP contribution in [0.4, 0.5) is 24.7 Å². The second-order valence-electron chi connectivity index (χ2n) is 5.98. The van der Waals surface area contributed by atoms with E-state index in [-0.39, 0.29) is 23.0 Å². The first kappa shape index (κ1) is 19.3. The van der Waals surface area contributed by atoms with Gasteiger partial charge in [0, 0.05) is 11.9 Å². The van der Waals surface area contributed by atoms with E-state index in [1.54, 1.807) is 19.9 Å². The Bertz CT molecular complexity index is 987. The number of rotatable bonds is 5. The summed E-state index contributed by atoms with van der Waals surface area (Å²) in [4.78, 5) is 20.7. The van der Waals surface area contributed by atoms with Crippen molar-refractivity contribution in [1.29, 1.82) is 0 Å². The normalized spacial score (nSPS) is 12.5. The van der Waals surface area contributed by atoms with Gasteiger partial charge in [-0.2, -0.15) is 18.2 Å². The number of aromatic nitrogens is 3. The number of hydrogen-bond acceptors (Lipinski definition) is 6. The number of hydrogen-bond donors (Lipinski definition) is 2. The lowest BCUT2D eigenvalue weighted by Gasteiger charge is -2.14. The van der Waals surface area contributed by atoms with Crippen LogP contribution in [0.25, 0.3) is 0 Å². The molecule has 146 valence electrons. The number of carbonyl (C=O) groups excluding carboxylic acids is 1. The molecule has 10 heteroatoms. The Balaban J connectivity index is 1.80. The maximum atomic E-state index is 12.9. The molecule has 0 aliphatic heterocycles. The van der Waals surface area contributed by atoms with E-state index < -0.39 is 23.7 Å². The molecule has 0 saturated heterocycles. The molecule has 3 aromatic rings. The molecular weight excluding hydrogens is 375 g/mol. The first-order chi connectivity index (χ1) is 13.2. The van der Waals surface area contributed by atoms with Crippen LogP contribution in [0.5, 0.6) is 0 Å². The highest BCUT2D eigenvalue weighted by Crippen LogP contribution is 2.31. The fraction of sp³-hybridized carbons (Fsp3) is 0.222. The van der Waals surface area contributed by atoms with Crippen molar-refractivity contribution in [2.75, 3.05) is 5.32 Å². The molecule has 0 fully saturated rings. The van der Waals surface area contributed by atoms with Gasteiger partial charge in [-0.15, -0.1) is 0 Å². The average molecular weight is 391 g/mol. The molecule has 1 unspecified atom stereocenters.